The predicted octanol–water partition coefficient (Wildman–Crippen LogP) is 3.40. The third kappa shape index (κ3) is 2.73. The van der Waals surface area contributed by atoms with Gasteiger partial charge >= 0.3 is 0 Å². The number of phenols is 1. The Morgan fingerprint density at radius 2 is 2.00 bits per heavy atom. The zero-order valence-corrected chi connectivity index (χ0v) is 12.1. The Labute approximate surface area is 119 Å². The number of nitrogens with zero attached hydrogens (tertiary/aromatic N) is 1. The Hall–Kier alpha value is -1.74. The van der Waals surface area contributed by atoms with Crippen molar-refractivity contribution >= 4 is 10.8 Å². The number of rotatable bonds is 5. The quantitative estimate of drug-likeness (QED) is 0.904. The van der Waals surface area contributed by atoms with Crippen LogP contribution in [0, 0.1) is 5.92 Å². The molecule has 106 valence electrons. The van der Waals surface area contributed by atoms with Gasteiger partial charge in [0, 0.05) is 18.7 Å². The third-order valence-electron chi connectivity index (χ3n) is 4.01. The van der Waals surface area contributed by atoms with Crippen LogP contribution < -0.4 is 4.74 Å². The summed E-state index contributed by atoms with van der Waals surface area (Å²) in [6.45, 7) is 1.88. The normalized spacial score (nSPS) is 14.9. The molecule has 0 amide bonds. The molecule has 3 heteroatoms. The molecule has 1 aliphatic carbocycles. The van der Waals surface area contributed by atoms with Gasteiger partial charge in [-0.15, -0.1) is 0 Å². The summed E-state index contributed by atoms with van der Waals surface area (Å²) < 4.78 is 5.30. The number of aromatic hydroxyl groups is 1. The molecule has 2 aromatic rings. The van der Waals surface area contributed by atoms with Gasteiger partial charge in [-0.25, -0.2) is 0 Å². The summed E-state index contributed by atoms with van der Waals surface area (Å²) in [5, 5.41) is 12.4. The summed E-state index contributed by atoms with van der Waals surface area (Å²) in [6, 6.07) is 9.74. The van der Waals surface area contributed by atoms with Crippen molar-refractivity contribution in [3.63, 3.8) is 0 Å². The lowest BCUT2D eigenvalue weighted by atomic mass is 10.0. The van der Waals surface area contributed by atoms with Crippen molar-refractivity contribution in [1.82, 2.24) is 4.90 Å². The number of hydrogen-bond acceptors (Lipinski definition) is 3. The van der Waals surface area contributed by atoms with Gasteiger partial charge in [0.2, 0.25) is 0 Å². The molecule has 0 atom stereocenters. The minimum atomic E-state index is 0.369. The van der Waals surface area contributed by atoms with E-state index in [0.29, 0.717) is 5.75 Å². The number of ether oxygens (including phenoxy) is 1. The van der Waals surface area contributed by atoms with Gasteiger partial charge in [0.05, 0.1) is 7.11 Å². The highest BCUT2D eigenvalue weighted by molar-refractivity contribution is 5.88. The van der Waals surface area contributed by atoms with Crippen LogP contribution in [0.1, 0.15) is 18.4 Å². The SMILES string of the molecule is COc1ccc2ccc(O)c(CN(C)CC3CC3)c2c1. The first-order valence-electron chi connectivity index (χ1n) is 7.14. The van der Waals surface area contributed by atoms with Crippen LogP contribution in [-0.2, 0) is 6.54 Å². The fourth-order valence-electron chi connectivity index (χ4n) is 2.72. The van der Waals surface area contributed by atoms with Gasteiger partial charge in [0.25, 0.3) is 0 Å². The van der Waals surface area contributed by atoms with E-state index in [4.69, 9.17) is 4.74 Å². The van der Waals surface area contributed by atoms with Gasteiger partial charge in [0.1, 0.15) is 11.5 Å². The van der Waals surface area contributed by atoms with Crippen molar-refractivity contribution in [2.75, 3.05) is 20.7 Å². The molecule has 1 aliphatic rings. The average Bonchev–Trinajstić information content (AvgIpc) is 3.25. The summed E-state index contributed by atoms with van der Waals surface area (Å²) in [4.78, 5) is 2.30. The molecule has 1 fully saturated rings. The minimum Gasteiger partial charge on any atom is -0.508 e. The van der Waals surface area contributed by atoms with E-state index in [1.807, 2.05) is 24.3 Å². The molecule has 20 heavy (non-hydrogen) atoms. The molecule has 0 spiro atoms. The molecule has 0 bridgehead atoms. The van der Waals surface area contributed by atoms with Gasteiger partial charge in [-0.2, -0.15) is 0 Å². The molecule has 0 unspecified atom stereocenters. The van der Waals surface area contributed by atoms with Gasteiger partial charge in [-0.05, 0) is 54.8 Å². The highest BCUT2D eigenvalue weighted by Gasteiger charge is 2.23. The lowest BCUT2D eigenvalue weighted by Gasteiger charge is -2.19. The fraction of sp³-hybridized carbons (Fsp3) is 0.412. The molecule has 3 nitrogen and oxygen atoms in total. The summed E-state index contributed by atoms with van der Waals surface area (Å²) in [6.07, 6.45) is 2.69. The van der Waals surface area contributed by atoms with Crippen molar-refractivity contribution in [2.24, 2.45) is 5.92 Å². The van der Waals surface area contributed by atoms with Gasteiger partial charge in [-0.1, -0.05) is 12.1 Å². The predicted molar refractivity (Wildman–Crippen MR) is 81.2 cm³/mol. The highest BCUT2D eigenvalue weighted by Crippen LogP contribution is 2.33. The Kier molecular flexibility index (Phi) is 3.53. The Bertz CT molecular complexity index is 620. The topological polar surface area (TPSA) is 32.7 Å². The molecular weight excluding hydrogens is 250 g/mol. The standard InChI is InChI=1S/C17H21NO2/c1-18(10-12-3-4-12)11-16-15-9-14(20-2)7-5-13(15)6-8-17(16)19/h5-9,12,19H,3-4,10-11H2,1-2H3. The van der Waals surface area contributed by atoms with E-state index in [1.165, 1.54) is 12.8 Å². The van der Waals surface area contributed by atoms with E-state index >= 15 is 0 Å². The van der Waals surface area contributed by atoms with Crippen LogP contribution in [0.5, 0.6) is 11.5 Å². The maximum absolute atomic E-state index is 10.2. The lowest BCUT2D eigenvalue weighted by Crippen LogP contribution is -2.20. The minimum absolute atomic E-state index is 0.369. The van der Waals surface area contributed by atoms with E-state index in [2.05, 4.69) is 11.9 Å². The molecule has 1 N–H and O–H groups in total. The first kappa shape index (κ1) is 13.3. The zero-order chi connectivity index (χ0) is 14.1. The monoisotopic (exact) mass is 271 g/mol. The molecule has 1 saturated carbocycles. The Balaban J connectivity index is 1.95. The number of phenolic OH excluding ortho intramolecular Hbond substituents is 1. The number of hydrogen-bond donors (Lipinski definition) is 1. The molecule has 3 rings (SSSR count). The summed E-state index contributed by atoms with van der Waals surface area (Å²) in [7, 11) is 3.79. The van der Waals surface area contributed by atoms with E-state index in [0.717, 1.165) is 41.1 Å². The molecular formula is C17H21NO2. The van der Waals surface area contributed by atoms with Crippen LogP contribution in [0.15, 0.2) is 30.3 Å². The van der Waals surface area contributed by atoms with E-state index in [9.17, 15) is 5.11 Å². The van der Waals surface area contributed by atoms with Gasteiger partial charge < -0.3 is 14.7 Å². The second-order valence-corrected chi connectivity index (χ2v) is 5.79. The van der Waals surface area contributed by atoms with E-state index in [-0.39, 0.29) is 0 Å². The molecule has 2 aromatic carbocycles. The van der Waals surface area contributed by atoms with Crippen molar-refractivity contribution in [3.05, 3.63) is 35.9 Å². The Morgan fingerprint density at radius 3 is 2.70 bits per heavy atom. The Morgan fingerprint density at radius 1 is 1.25 bits per heavy atom. The lowest BCUT2D eigenvalue weighted by molar-refractivity contribution is 0.308. The van der Waals surface area contributed by atoms with Crippen molar-refractivity contribution in [1.29, 1.82) is 0 Å². The third-order valence-corrected chi connectivity index (χ3v) is 4.01. The fourth-order valence-corrected chi connectivity index (χ4v) is 2.72. The van der Waals surface area contributed by atoms with E-state index < -0.39 is 0 Å². The van der Waals surface area contributed by atoms with Crippen molar-refractivity contribution in [3.8, 4) is 11.5 Å². The van der Waals surface area contributed by atoms with Crippen LogP contribution >= 0.6 is 0 Å². The average molecular weight is 271 g/mol. The van der Waals surface area contributed by atoms with Crippen LogP contribution in [0.4, 0.5) is 0 Å². The van der Waals surface area contributed by atoms with E-state index in [1.54, 1.807) is 13.2 Å². The maximum Gasteiger partial charge on any atom is 0.120 e. The maximum atomic E-state index is 10.2. The second-order valence-electron chi connectivity index (χ2n) is 5.79. The summed E-state index contributed by atoms with van der Waals surface area (Å²) in [5.41, 5.74) is 0.990. The van der Waals surface area contributed by atoms with Crippen molar-refractivity contribution < 1.29 is 9.84 Å². The molecule has 0 saturated heterocycles. The van der Waals surface area contributed by atoms with Crippen LogP contribution in [0.25, 0.3) is 10.8 Å². The molecule has 0 aromatic heterocycles. The number of methoxy groups -OCH3 is 1. The molecule has 0 aliphatic heterocycles. The molecule has 0 heterocycles. The van der Waals surface area contributed by atoms with Crippen LogP contribution in [0.3, 0.4) is 0 Å². The number of fused-ring (bicyclic) bond motifs is 1. The van der Waals surface area contributed by atoms with Gasteiger partial charge in [0.15, 0.2) is 0 Å². The van der Waals surface area contributed by atoms with Crippen molar-refractivity contribution in [2.45, 2.75) is 19.4 Å². The second kappa shape index (κ2) is 5.33. The molecule has 0 radical (unpaired) electrons. The van der Waals surface area contributed by atoms with Gasteiger partial charge in [-0.3, -0.25) is 0 Å². The summed E-state index contributed by atoms with van der Waals surface area (Å²) >= 11 is 0. The van der Waals surface area contributed by atoms with Crippen LogP contribution in [0.2, 0.25) is 0 Å². The smallest absolute Gasteiger partial charge is 0.120 e. The summed E-state index contributed by atoms with van der Waals surface area (Å²) in [5.74, 6) is 2.05. The number of benzene rings is 2. The first-order valence-corrected chi connectivity index (χ1v) is 7.14. The first-order chi connectivity index (χ1) is 9.67. The zero-order valence-electron chi connectivity index (χ0n) is 12.1. The largest absolute Gasteiger partial charge is 0.508 e. The van der Waals surface area contributed by atoms with Crippen LogP contribution in [-0.4, -0.2) is 30.7 Å². The highest BCUT2D eigenvalue weighted by atomic mass is 16.5.